The van der Waals surface area contributed by atoms with E-state index in [1.54, 1.807) is 13.8 Å². The highest BCUT2D eigenvalue weighted by molar-refractivity contribution is 4.96. The van der Waals surface area contributed by atoms with Crippen LogP contribution >= 0.6 is 0 Å². The van der Waals surface area contributed by atoms with Crippen LogP contribution in [0.1, 0.15) is 13.8 Å². The summed E-state index contributed by atoms with van der Waals surface area (Å²) in [6.45, 7) is 3.80. The van der Waals surface area contributed by atoms with Gasteiger partial charge in [0.05, 0.1) is 0 Å². The van der Waals surface area contributed by atoms with E-state index >= 15 is 0 Å². The zero-order chi connectivity index (χ0) is 11.9. The van der Waals surface area contributed by atoms with Crippen LogP contribution in [0.5, 0.6) is 0 Å². The molecule has 2 aliphatic rings. The van der Waals surface area contributed by atoms with Crippen LogP contribution < -0.4 is 5.73 Å². The average molecular weight is 233 g/mol. The Bertz CT molecular complexity index is 260. The summed E-state index contributed by atoms with van der Waals surface area (Å²) in [6, 6.07) is 0. The van der Waals surface area contributed by atoms with Crippen molar-refractivity contribution in [1.29, 1.82) is 0 Å². The number of hydrogen-bond donors (Lipinski definition) is 2. The second-order valence-corrected chi connectivity index (χ2v) is 4.57. The van der Waals surface area contributed by atoms with E-state index in [9.17, 15) is 5.11 Å². The number of fused-ring (bicyclic) bond motifs is 1. The van der Waals surface area contributed by atoms with Crippen molar-refractivity contribution in [3.05, 3.63) is 0 Å². The SMILES string of the molecule is CO[C@H]1OC(CN)[C@H](O)[C@@H]2OC(C)(C)OC12. The zero-order valence-electron chi connectivity index (χ0n) is 9.75. The van der Waals surface area contributed by atoms with Gasteiger partial charge < -0.3 is 29.8 Å². The van der Waals surface area contributed by atoms with E-state index in [-0.39, 0.29) is 6.54 Å². The third-order valence-corrected chi connectivity index (χ3v) is 2.92. The first-order valence-electron chi connectivity index (χ1n) is 5.40. The van der Waals surface area contributed by atoms with E-state index in [0.717, 1.165) is 0 Å². The molecule has 0 aromatic carbocycles. The van der Waals surface area contributed by atoms with Crippen LogP contribution in [0.25, 0.3) is 0 Å². The monoisotopic (exact) mass is 233 g/mol. The second-order valence-electron chi connectivity index (χ2n) is 4.57. The molecule has 2 rings (SSSR count). The summed E-state index contributed by atoms with van der Waals surface area (Å²) in [7, 11) is 1.53. The Morgan fingerprint density at radius 2 is 1.94 bits per heavy atom. The maximum atomic E-state index is 10.0. The van der Waals surface area contributed by atoms with Crippen LogP contribution in [0.3, 0.4) is 0 Å². The molecule has 6 nitrogen and oxygen atoms in total. The molecule has 3 N–H and O–H groups in total. The summed E-state index contributed by atoms with van der Waals surface area (Å²) in [4.78, 5) is 0. The molecule has 2 aliphatic heterocycles. The average Bonchev–Trinajstić information content (AvgIpc) is 2.55. The Labute approximate surface area is 94.6 Å². The number of methoxy groups -OCH3 is 1. The highest BCUT2D eigenvalue weighted by atomic mass is 16.8. The Morgan fingerprint density at radius 3 is 2.50 bits per heavy atom. The Hall–Kier alpha value is -0.240. The van der Waals surface area contributed by atoms with E-state index in [4.69, 9.17) is 24.7 Å². The van der Waals surface area contributed by atoms with Gasteiger partial charge in [-0.3, -0.25) is 0 Å². The number of nitrogens with two attached hydrogens (primary N) is 1. The fourth-order valence-electron chi connectivity index (χ4n) is 2.22. The molecule has 0 radical (unpaired) electrons. The minimum Gasteiger partial charge on any atom is -0.388 e. The van der Waals surface area contributed by atoms with Crippen molar-refractivity contribution >= 4 is 0 Å². The van der Waals surface area contributed by atoms with Gasteiger partial charge in [-0.1, -0.05) is 0 Å². The molecule has 5 atom stereocenters. The first kappa shape index (κ1) is 12.2. The molecule has 0 bridgehead atoms. The number of rotatable bonds is 2. The normalized spacial score (nSPS) is 46.7. The lowest BCUT2D eigenvalue weighted by Crippen LogP contribution is -2.58. The van der Waals surface area contributed by atoms with Crippen molar-refractivity contribution in [3.8, 4) is 0 Å². The third kappa shape index (κ3) is 1.97. The Kier molecular flexibility index (Phi) is 3.22. The van der Waals surface area contributed by atoms with Gasteiger partial charge in [-0.15, -0.1) is 0 Å². The molecule has 16 heavy (non-hydrogen) atoms. The largest absolute Gasteiger partial charge is 0.388 e. The quantitative estimate of drug-likeness (QED) is 0.649. The van der Waals surface area contributed by atoms with Crippen LogP contribution in [0.15, 0.2) is 0 Å². The van der Waals surface area contributed by atoms with Crippen LogP contribution in [-0.4, -0.2) is 55.3 Å². The van der Waals surface area contributed by atoms with Crippen LogP contribution in [0.4, 0.5) is 0 Å². The lowest BCUT2D eigenvalue weighted by Gasteiger charge is -2.38. The molecule has 0 amide bonds. The minimum atomic E-state index is -0.789. The molecular weight excluding hydrogens is 214 g/mol. The first-order chi connectivity index (χ1) is 7.48. The van der Waals surface area contributed by atoms with Gasteiger partial charge in [-0.25, -0.2) is 0 Å². The van der Waals surface area contributed by atoms with Crippen molar-refractivity contribution in [3.63, 3.8) is 0 Å². The Morgan fingerprint density at radius 1 is 1.31 bits per heavy atom. The highest BCUT2D eigenvalue weighted by Crippen LogP contribution is 2.37. The predicted octanol–water partition coefficient (Wildman–Crippen LogP) is -0.803. The van der Waals surface area contributed by atoms with Gasteiger partial charge in [0, 0.05) is 13.7 Å². The lowest BCUT2D eigenvalue weighted by molar-refractivity contribution is -0.264. The van der Waals surface area contributed by atoms with Gasteiger partial charge in [0.1, 0.15) is 24.4 Å². The van der Waals surface area contributed by atoms with E-state index in [0.29, 0.717) is 0 Å². The number of hydrogen-bond acceptors (Lipinski definition) is 6. The molecule has 0 saturated carbocycles. The van der Waals surface area contributed by atoms with E-state index in [1.807, 2.05) is 0 Å². The van der Waals surface area contributed by atoms with Gasteiger partial charge in [0.2, 0.25) is 0 Å². The molecule has 0 spiro atoms. The van der Waals surface area contributed by atoms with Gasteiger partial charge in [-0.05, 0) is 13.8 Å². The maximum Gasteiger partial charge on any atom is 0.186 e. The van der Waals surface area contributed by atoms with Crippen LogP contribution in [0.2, 0.25) is 0 Å². The molecule has 94 valence electrons. The van der Waals surface area contributed by atoms with Crippen molar-refractivity contribution in [1.82, 2.24) is 0 Å². The van der Waals surface area contributed by atoms with Gasteiger partial charge >= 0.3 is 0 Å². The molecule has 2 unspecified atom stereocenters. The van der Waals surface area contributed by atoms with Crippen LogP contribution in [0, 0.1) is 0 Å². The molecule has 2 saturated heterocycles. The third-order valence-electron chi connectivity index (χ3n) is 2.92. The summed E-state index contributed by atoms with van der Waals surface area (Å²) >= 11 is 0. The smallest absolute Gasteiger partial charge is 0.186 e. The summed E-state index contributed by atoms with van der Waals surface area (Å²) in [5.41, 5.74) is 5.52. The van der Waals surface area contributed by atoms with Gasteiger partial charge in [0.25, 0.3) is 0 Å². The maximum absolute atomic E-state index is 10.0. The van der Waals surface area contributed by atoms with E-state index in [2.05, 4.69) is 0 Å². The molecule has 2 heterocycles. The summed E-state index contributed by atoms with van der Waals surface area (Å²) < 4.78 is 22.0. The topological polar surface area (TPSA) is 83.2 Å². The summed E-state index contributed by atoms with van der Waals surface area (Å²) in [5.74, 6) is -0.736. The van der Waals surface area contributed by atoms with E-state index in [1.165, 1.54) is 7.11 Å². The molecular formula is C10H19NO5. The standard InChI is InChI=1S/C10H19NO5/c1-10(2)15-7-6(12)5(4-11)14-9(13-3)8(7)16-10/h5-9,12H,4,11H2,1-3H3/t5?,6-,7-,8?,9-/m0/s1. The predicted molar refractivity (Wildman–Crippen MR) is 54.6 cm³/mol. The van der Waals surface area contributed by atoms with Crippen molar-refractivity contribution in [2.24, 2.45) is 5.73 Å². The molecule has 2 fully saturated rings. The molecule has 0 aliphatic carbocycles. The van der Waals surface area contributed by atoms with Crippen molar-refractivity contribution in [2.75, 3.05) is 13.7 Å². The van der Waals surface area contributed by atoms with Gasteiger partial charge in [-0.2, -0.15) is 0 Å². The fraction of sp³-hybridized carbons (Fsp3) is 1.00. The lowest BCUT2D eigenvalue weighted by atomic mass is 9.99. The van der Waals surface area contributed by atoms with E-state index < -0.39 is 36.5 Å². The fourth-order valence-corrected chi connectivity index (χ4v) is 2.22. The summed E-state index contributed by atoms with van der Waals surface area (Å²) in [5, 5.41) is 10.0. The number of aliphatic hydroxyl groups is 1. The number of aliphatic hydroxyl groups excluding tert-OH is 1. The van der Waals surface area contributed by atoms with Crippen molar-refractivity contribution < 1.29 is 24.1 Å². The highest BCUT2D eigenvalue weighted by Gasteiger charge is 2.54. The minimum absolute atomic E-state index is 0.216. The van der Waals surface area contributed by atoms with Crippen LogP contribution in [-0.2, 0) is 18.9 Å². The zero-order valence-corrected chi connectivity index (χ0v) is 9.75. The first-order valence-corrected chi connectivity index (χ1v) is 5.40. The molecule has 0 aromatic heterocycles. The second kappa shape index (κ2) is 4.21. The van der Waals surface area contributed by atoms with Gasteiger partial charge in [0.15, 0.2) is 12.1 Å². The Balaban J connectivity index is 2.18. The number of ether oxygens (including phenoxy) is 4. The molecule has 0 aromatic rings. The van der Waals surface area contributed by atoms with Crippen molar-refractivity contribution in [2.45, 2.75) is 50.3 Å². The summed E-state index contributed by atoms with van der Waals surface area (Å²) in [6.07, 6.45) is -2.70. The molecule has 6 heteroatoms.